The topological polar surface area (TPSA) is 76.1 Å². The minimum absolute atomic E-state index is 0.213. The average molecular weight is 376 g/mol. The summed E-state index contributed by atoms with van der Waals surface area (Å²) in [5.74, 6) is 1.23. The molecule has 6 nitrogen and oxygen atoms in total. The van der Waals surface area contributed by atoms with E-state index in [0.29, 0.717) is 24.6 Å². The highest BCUT2D eigenvalue weighted by atomic mass is 16.5. The largest absolute Gasteiger partial charge is 0.497 e. The molecule has 0 spiro atoms. The highest BCUT2D eigenvalue weighted by molar-refractivity contribution is 5.92. The van der Waals surface area contributed by atoms with Crippen LogP contribution < -0.4 is 15.4 Å². The lowest BCUT2D eigenvalue weighted by Gasteiger charge is -2.09. The van der Waals surface area contributed by atoms with Gasteiger partial charge in [-0.1, -0.05) is 36.4 Å². The van der Waals surface area contributed by atoms with Gasteiger partial charge in [0.2, 0.25) is 0 Å². The van der Waals surface area contributed by atoms with Gasteiger partial charge in [0.1, 0.15) is 23.6 Å². The Kier molecular flexibility index (Phi) is 6.57. The van der Waals surface area contributed by atoms with Crippen LogP contribution in [0.1, 0.15) is 27.2 Å². The number of nitrogens with one attached hydrogen (secondary N) is 2. The van der Waals surface area contributed by atoms with Crippen molar-refractivity contribution in [1.82, 2.24) is 15.3 Å². The Morgan fingerprint density at radius 2 is 1.86 bits per heavy atom. The monoisotopic (exact) mass is 376 g/mol. The number of methoxy groups -OCH3 is 1. The Bertz CT molecular complexity index is 926. The molecule has 6 heteroatoms. The van der Waals surface area contributed by atoms with Gasteiger partial charge < -0.3 is 15.4 Å². The van der Waals surface area contributed by atoms with Crippen molar-refractivity contribution in [2.45, 2.75) is 19.9 Å². The third-order valence-corrected chi connectivity index (χ3v) is 4.48. The first kappa shape index (κ1) is 19.4. The molecule has 0 saturated heterocycles. The van der Waals surface area contributed by atoms with Crippen molar-refractivity contribution in [3.63, 3.8) is 0 Å². The third kappa shape index (κ3) is 5.30. The van der Waals surface area contributed by atoms with Gasteiger partial charge in [0, 0.05) is 19.2 Å². The molecule has 0 aliphatic rings. The van der Waals surface area contributed by atoms with Crippen LogP contribution in [-0.2, 0) is 13.0 Å². The van der Waals surface area contributed by atoms with Crippen LogP contribution in [0.4, 0.5) is 5.82 Å². The summed E-state index contributed by atoms with van der Waals surface area (Å²) in [6.45, 7) is 3.24. The normalized spacial score (nSPS) is 10.4. The molecular weight excluding hydrogens is 352 g/mol. The summed E-state index contributed by atoms with van der Waals surface area (Å²) in [6.07, 6.45) is 2.14. The molecule has 0 atom stereocenters. The van der Waals surface area contributed by atoms with Gasteiger partial charge in [-0.3, -0.25) is 4.79 Å². The minimum atomic E-state index is -0.213. The van der Waals surface area contributed by atoms with Crippen molar-refractivity contribution >= 4 is 11.7 Å². The molecule has 0 unspecified atom stereocenters. The average Bonchev–Trinajstić information content (AvgIpc) is 2.74. The molecule has 1 aromatic heterocycles. The summed E-state index contributed by atoms with van der Waals surface area (Å²) < 4.78 is 5.15. The number of carbonyl (C=O) groups excluding carboxylic acids is 1. The van der Waals surface area contributed by atoms with Crippen molar-refractivity contribution in [1.29, 1.82) is 0 Å². The van der Waals surface area contributed by atoms with Gasteiger partial charge >= 0.3 is 0 Å². The van der Waals surface area contributed by atoms with Gasteiger partial charge in [0.05, 0.1) is 7.11 Å². The van der Waals surface area contributed by atoms with E-state index in [1.807, 2.05) is 36.4 Å². The lowest BCUT2D eigenvalue weighted by molar-refractivity contribution is 0.0949. The fraction of sp³-hybridized carbons (Fsp3) is 0.227. The van der Waals surface area contributed by atoms with Gasteiger partial charge in [0.15, 0.2) is 0 Å². The van der Waals surface area contributed by atoms with E-state index in [9.17, 15) is 4.79 Å². The van der Waals surface area contributed by atoms with Gasteiger partial charge in [-0.15, -0.1) is 0 Å². The number of rotatable bonds is 8. The Balaban J connectivity index is 1.52. The first-order valence-corrected chi connectivity index (χ1v) is 9.17. The lowest BCUT2D eigenvalue weighted by atomic mass is 10.1. The van der Waals surface area contributed by atoms with Crippen molar-refractivity contribution in [3.8, 4) is 5.75 Å². The molecule has 1 heterocycles. The molecule has 3 rings (SSSR count). The number of aromatic nitrogens is 2. The molecular formula is C22H24N4O2. The first-order chi connectivity index (χ1) is 13.7. The van der Waals surface area contributed by atoms with E-state index in [1.165, 1.54) is 17.5 Å². The smallest absolute Gasteiger partial charge is 0.270 e. The fourth-order valence-corrected chi connectivity index (χ4v) is 2.78. The van der Waals surface area contributed by atoms with Gasteiger partial charge in [-0.05, 0) is 42.2 Å². The zero-order valence-corrected chi connectivity index (χ0v) is 16.1. The summed E-state index contributed by atoms with van der Waals surface area (Å²) in [7, 11) is 1.64. The van der Waals surface area contributed by atoms with E-state index in [0.717, 1.165) is 17.7 Å². The molecule has 3 aromatic rings. The van der Waals surface area contributed by atoms with Crippen LogP contribution in [0.15, 0.2) is 60.9 Å². The van der Waals surface area contributed by atoms with Crippen LogP contribution in [0, 0.1) is 6.92 Å². The molecule has 28 heavy (non-hydrogen) atoms. The Morgan fingerprint density at radius 1 is 1.07 bits per heavy atom. The van der Waals surface area contributed by atoms with Crippen molar-refractivity contribution < 1.29 is 9.53 Å². The quantitative estimate of drug-likeness (QED) is 0.630. The molecule has 0 bridgehead atoms. The molecule has 0 aliphatic carbocycles. The fourth-order valence-electron chi connectivity index (χ4n) is 2.78. The highest BCUT2D eigenvalue weighted by Gasteiger charge is 2.08. The zero-order valence-electron chi connectivity index (χ0n) is 16.1. The van der Waals surface area contributed by atoms with Gasteiger partial charge in [0.25, 0.3) is 5.91 Å². The zero-order chi connectivity index (χ0) is 19.8. The second-order valence-electron chi connectivity index (χ2n) is 6.42. The van der Waals surface area contributed by atoms with E-state index >= 15 is 0 Å². The number of anilines is 1. The Hall–Kier alpha value is -3.41. The molecule has 0 aliphatic heterocycles. The van der Waals surface area contributed by atoms with Crippen LogP contribution in [-0.4, -0.2) is 29.5 Å². The number of hydrogen-bond donors (Lipinski definition) is 2. The molecule has 2 aromatic carbocycles. The van der Waals surface area contributed by atoms with E-state index in [1.54, 1.807) is 13.2 Å². The lowest BCUT2D eigenvalue weighted by Crippen LogP contribution is -2.26. The van der Waals surface area contributed by atoms with E-state index in [-0.39, 0.29) is 5.91 Å². The van der Waals surface area contributed by atoms with Crippen LogP contribution in [0.2, 0.25) is 0 Å². The number of ether oxygens (including phenoxy) is 1. The van der Waals surface area contributed by atoms with Crippen LogP contribution in [0.5, 0.6) is 5.75 Å². The van der Waals surface area contributed by atoms with Crippen LogP contribution in [0.25, 0.3) is 0 Å². The number of amides is 1. The van der Waals surface area contributed by atoms with Crippen molar-refractivity contribution in [2.24, 2.45) is 0 Å². The van der Waals surface area contributed by atoms with E-state index in [2.05, 4.69) is 39.7 Å². The maximum atomic E-state index is 12.4. The number of aryl methyl sites for hydroxylation is 1. The number of carbonyl (C=O) groups is 1. The summed E-state index contributed by atoms with van der Waals surface area (Å²) in [5.41, 5.74) is 3.87. The predicted molar refractivity (Wildman–Crippen MR) is 110 cm³/mol. The van der Waals surface area contributed by atoms with Gasteiger partial charge in [-0.2, -0.15) is 0 Å². The van der Waals surface area contributed by atoms with Crippen molar-refractivity contribution in [2.75, 3.05) is 19.0 Å². The van der Waals surface area contributed by atoms with Crippen LogP contribution >= 0.6 is 0 Å². The second-order valence-corrected chi connectivity index (χ2v) is 6.42. The summed E-state index contributed by atoms with van der Waals surface area (Å²) in [6, 6.07) is 17.6. The van der Waals surface area contributed by atoms with Gasteiger partial charge in [-0.25, -0.2) is 9.97 Å². The molecule has 0 saturated carbocycles. The summed E-state index contributed by atoms with van der Waals surface area (Å²) in [5, 5.41) is 6.14. The van der Waals surface area contributed by atoms with E-state index < -0.39 is 0 Å². The summed E-state index contributed by atoms with van der Waals surface area (Å²) >= 11 is 0. The SMILES string of the molecule is COc1ccc(CCNC(=O)c2cc(NCc3ccccc3C)ncn2)cc1. The predicted octanol–water partition coefficient (Wildman–Crippen LogP) is 3.38. The first-order valence-electron chi connectivity index (χ1n) is 9.17. The maximum Gasteiger partial charge on any atom is 0.270 e. The molecule has 0 fully saturated rings. The molecule has 0 radical (unpaired) electrons. The third-order valence-electron chi connectivity index (χ3n) is 4.48. The second kappa shape index (κ2) is 9.50. The number of nitrogens with zero attached hydrogens (tertiary/aromatic N) is 2. The van der Waals surface area contributed by atoms with Crippen molar-refractivity contribution in [3.05, 3.63) is 83.3 Å². The maximum absolute atomic E-state index is 12.4. The number of hydrogen-bond acceptors (Lipinski definition) is 5. The van der Waals surface area contributed by atoms with Crippen LogP contribution in [0.3, 0.4) is 0 Å². The molecule has 144 valence electrons. The minimum Gasteiger partial charge on any atom is -0.497 e. The number of benzene rings is 2. The summed E-state index contributed by atoms with van der Waals surface area (Å²) in [4.78, 5) is 20.6. The van der Waals surface area contributed by atoms with E-state index in [4.69, 9.17) is 4.74 Å². The Morgan fingerprint density at radius 3 is 2.61 bits per heavy atom. The molecule has 1 amide bonds. The molecule has 2 N–H and O–H groups in total. The highest BCUT2D eigenvalue weighted by Crippen LogP contribution is 2.12. The standard InChI is InChI=1S/C22H24N4O2/c1-16-5-3-4-6-18(16)14-24-21-13-20(25-15-26-21)22(27)23-12-11-17-7-9-19(28-2)10-8-17/h3-10,13,15H,11-12,14H2,1-2H3,(H,23,27)(H,24,25,26). The Labute approximate surface area is 165 Å².